The van der Waals surface area contributed by atoms with Crippen molar-refractivity contribution in [3.63, 3.8) is 0 Å². The zero-order valence-electron chi connectivity index (χ0n) is 10.5. The molecule has 0 aliphatic carbocycles. The maximum Gasteiger partial charge on any atom is 0.295 e. The molecular formula is C13H14ClNO4S. The smallest absolute Gasteiger partial charge is 0.295 e. The van der Waals surface area contributed by atoms with Crippen LogP contribution < -0.4 is 5.32 Å². The Bertz CT molecular complexity index is 717. The van der Waals surface area contributed by atoms with Crippen LogP contribution in [0.3, 0.4) is 0 Å². The molecule has 1 atom stereocenters. The van der Waals surface area contributed by atoms with E-state index in [1.54, 1.807) is 30.3 Å². The van der Waals surface area contributed by atoms with Crippen molar-refractivity contribution in [2.24, 2.45) is 0 Å². The van der Waals surface area contributed by atoms with Gasteiger partial charge in [-0.3, -0.25) is 4.55 Å². The van der Waals surface area contributed by atoms with Crippen molar-refractivity contribution >= 4 is 38.2 Å². The monoisotopic (exact) mass is 315 g/mol. The summed E-state index contributed by atoms with van der Waals surface area (Å²) in [7, 11) is -4.25. The van der Waals surface area contributed by atoms with Crippen LogP contribution in [0.2, 0.25) is 0 Å². The molecule has 0 amide bonds. The number of aliphatic hydroxyl groups is 1. The molecule has 0 spiro atoms. The van der Waals surface area contributed by atoms with Gasteiger partial charge in [0.2, 0.25) is 0 Å². The van der Waals surface area contributed by atoms with E-state index in [0.717, 1.165) is 5.69 Å². The highest BCUT2D eigenvalue weighted by Crippen LogP contribution is 2.25. The van der Waals surface area contributed by atoms with Crippen molar-refractivity contribution in [2.75, 3.05) is 17.7 Å². The maximum atomic E-state index is 11.3. The number of aliphatic hydroxyl groups excluding tert-OH is 1. The predicted molar refractivity (Wildman–Crippen MR) is 79.0 cm³/mol. The first kappa shape index (κ1) is 15.1. The van der Waals surface area contributed by atoms with Crippen LogP contribution in [0.1, 0.15) is 0 Å². The minimum Gasteiger partial charge on any atom is -0.390 e. The summed E-state index contributed by atoms with van der Waals surface area (Å²) in [4.78, 5) is -0.123. The predicted octanol–water partition coefficient (Wildman–Crippen LogP) is 2.10. The molecule has 2 rings (SSSR count). The lowest BCUT2D eigenvalue weighted by atomic mass is 10.1. The van der Waals surface area contributed by atoms with Crippen LogP contribution in [0, 0.1) is 0 Å². The van der Waals surface area contributed by atoms with E-state index in [-0.39, 0.29) is 10.8 Å². The number of alkyl halides is 1. The van der Waals surface area contributed by atoms with Crippen molar-refractivity contribution in [3.8, 4) is 0 Å². The summed E-state index contributed by atoms with van der Waals surface area (Å²) in [5, 5.41) is 13.5. The van der Waals surface area contributed by atoms with Gasteiger partial charge in [0, 0.05) is 17.6 Å². The zero-order valence-corrected chi connectivity index (χ0v) is 12.0. The molecule has 0 aliphatic rings. The van der Waals surface area contributed by atoms with E-state index in [0.29, 0.717) is 17.3 Å². The molecule has 0 saturated carbocycles. The van der Waals surface area contributed by atoms with E-state index in [1.807, 2.05) is 0 Å². The summed E-state index contributed by atoms with van der Waals surface area (Å²) in [6.45, 7) is 0.299. The van der Waals surface area contributed by atoms with Gasteiger partial charge in [-0.15, -0.1) is 11.6 Å². The second-order valence-electron chi connectivity index (χ2n) is 4.36. The standard InChI is InChI=1S/C13H14ClNO4S/c14-7-11(16)8-15-10-4-5-12-9(6-10)2-1-3-13(12)20(17,18)19/h1-6,11,15-16H,7-8H2,(H,17,18,19). The van der Waals surface area contributed by atoms with Crippen LogP contribution in [0.25, 0.3) is 10.8 Å². The summed E-state index contributed by atoms with van der Waals surface area (Å²) in [5.41, 5.74) is 0.731. The summed E-state index contributed by atoms with van der Waals surface area (Å²) in [6.07, 6.45) is -0.656. The number of benzene rings is 2. The van der Waals surface area contributed by atoms with Gasteiger partial charge in [0.05, 0.1) is 12.0 Å². The lowest BCUT2D eigenvalue weighted by Crippen LogP contribution is -2.20. The average Bonchev–Trinajstić information content (AvgIpc) is 2.42. The molecule has 5 nitrogen and oxygen atoms in total. The summed E-state index contributed by atoms with van der Waals surface area (Å²) < 4.78 is 31.7. The number of nitrogens with one attached hydrogen (secondary N) is 1. The minimum atomic E-state index is -4.25. The second kappa shape index (κ2) is 5.97. The molecule has 108 valence electrons. The van der Waals surface area contributed by atoms with E-state index in [1.165, 1.54) is 6.07 Å². The Morgan fingerprint density at radius 1 is 1.25 bits per heavy atom. The van der Waals surface area contributed by atoms with Crippen LogP contribution in [0.15, 0.2) is 41.3 Å². The first-order chi connectivity index (χ1) is 9.41. The van der Waals surface area contributed by atoms with Gasteiger partial charge in [-0.05, 0) is 23.6 Å². The molecule has 2 aromatic carbocycles. The van der Waals surface area contributed by atoms with Crippen molar-refractivity contribution in [3.05, 3.63) is 36.4 Å². The molecule has 0 saturated heterocycles. The average molecular weight is 316 g/mol. The number of rotatable bonds is 5. The van der Waals surface area contributed by atoms with Crippen LogP contribution in [-0.4, -0.2) is 36.6 Å². The fourth-order valence-electron chi connectivity index (χ4n) is 1.88. The second-order valence-corrected chi connectivity index (χ2v) is 6.05. The Balaban J connectivity index is 2.37. The molecule has 7 heteroatoms. The first-order valence-corrected chi connectivity index (χ1v) is 7.87. The van der Waals surface area contributed by atoms with Crippen LogP contribution >= 0.6 is 11.6 Å². The van der Waals surface area contributed by atoms with Gasteiger partial charge in [-0.2, -0.15) is 8.42 Å². The van der Waals surface area contributed by atoms with Crippen molar-refractivity contribution < 1.29 is 18.1 Å². The van der Waals surface area contributed by atoms with Gasteiger partial charge in [0.1, 0.15) is 4.90 Å². The van der Waals surface area contributed by atoms with E-state index >= 15 is 0 Å². The van der Waals surface area contributed by atoms with Gasteiger partial charge >= 0.3 is 0 Å². The third kappa shape index (κ3) is 3.40. The van der Waals surface area contributed by atoms with E-state index in [4.69, 9.17) is 11.6 Å². The number of halogens is 1. The Kier molecular flexibility index (Phi) is 4.49. The minimum absolute atomic E-state index is 0.123. The van der Waals surface area contributed by atoms with Crippen LogP contribution in [0.5, 0.6) is 0 Å². The molecule has 2 aromatic rings. The third-order valence-corrected chi connectivity index (χ3v) is 4.11. The molecule has 20 heavy (non-hydrogen) atoms. The lowest BCUT2D eigenvalue weighted by molar-refractivity contribution is 0.211. The summed E-state index contributed by atoms with van der Waals surface area (Å²) in [6, 6.07) is 9.68. The quantitative estimate of drug-likeness (QED) is 0.581. The molecule has 0 fully saturated rings. The van der Waals surface area contributed by atoms with Gasteiger partial charge in [0.15, 0.2) is 0 Å². The Morgan fingerprint density at radius 2 is 2.00 bits per heavy atom. The molecule has 3 N–H and O–H groups in total. The lowest BCUT2D eigenvalue weighted by Gasteiger charge is -2.11. The topological polar surface area (TPSA) is 86.6 Å². The first-order valence-electron chi connectivity index (χ1n) is 5.90. The molecule has 1 unspecified atom stereocenters. The highest BCUT2D eigenvalue weighted by Gasteiger charge is 2.13. The van der Waals surface area contributed by atoms with Gasteiger partial charge in [0.25, 0.3) is 10.1 Å². The third-order valence-electron chi connectivity index (χ3n) is 2.84. The number of fused-ring (bicyclic) bond motifs is 1. The normalized spacial score (nSPS) is 13.3. The molecule has 0 aliphatic heterocycles. The molecule has 0 radical (unpaired) electrons. The summed E-state index contributed by atoms with van der Waals surface area (Å²) in [5.74, 6) is 0.132. The fraction of sp³-hybridized carbons (Fsp3) is 0.231. The SMILES string of the molecule is O=S(=O)(O)c1cccc2cc(NCC(O)CCl)ccc12. The van der Waals surface area contributed by atoms with Crippen molar-refractivity contribution in [2.45, 2.75) is 11.0 Å². The van der Waals surface area contributed by atoms with E-state index < -0.39 is 16.2 Å². The number of anilines is 1. The molecule has 0 bridgehead atoms. The van der Waals surface area contributed by atoms with E-state index in [2.05, 4.69) is 5.32 Å². The van der Waals surface area contributed by atoms with Crippen LogP contribution in [0.4, 0.5) is 5.69 Å². The largest absolute Gasteiger partial charge is 0.390 e. The molecule has 0 heterocycles. The number of hydrogen-bond donors (Lipinski definition) is 3. The number of hydrogen-bond acceptors (Lipinski definition) is 4. The van der Waals surface area contributed by atoms with Gasteiger partial charge in [-0.25, -0.2) is 0 Å². The summed E-state index contributed by atoms with van der Waals surface area (Å²) >= 11 is 5.50. The van der Waals surface area contributed by atoms with Crippen molar-refractivity contribution in [1.29, 1.82) is 0 Å². The highest BCUT2D eigenvalue weighted by atomic mass is 35.5. The molecule has 0 aromatic heterocycles. The van der Waals surface area contributed by atoms with Gasteiger partial charge in [-0.1, -0.05) is 18.2 Å². The Labute approximate surface area is 121 Å². The van der Waals surface area contributed by atoms with Gasteiger partial charge < -0.3 is 10.4 Å². The maximum absolute atomic E-state index is 11.3. The fourth-order valence-corrected chi connectivity index (χ4v) is 2.70. The Morgan fingerprint density at radius 3 is 2.65 bits per heavy atom. The highest BCUT2D eigenvalue weighted by molar-refractivity contribution is 7.86. The zero-order chi connectivity index (χ0) is 14.8. The Hall–Kier alpha value is -1.34. The van der Waals surface area contributed by atoms with E-state index in [9.17, 15) is 18.1 Å². The van der Waals surface area contributed by atoms with Crippen LogP contribution in [-0.2, 0) is 10.1 Å². The van der Waals surface area contributed by atoms with Crippen molar-refractivity contribution in [1.82, 2.24) is 0 Å². The molecular weight excluding hydrogens is 302 g/mol.